The molecule has 6 nitrogen and oxygen atoms in total. The molecule has 0 fully saturated rings. The highest BCUT2D eigenvalue weighted by Crippen LogP contribution is 2.45. The molecule has 1 atom stereocenters. The molecule has 1 heterocycles. The first-order valence-corrected chi connectivity index (χ1v) is 8.78. The largest absolute Gasteiger partial charge is 0.507 e. The van der Waals surface area contributed by atoms with Gasteiger partial charge in [0.25, 0.3) is 0 Å². The number of ether oxygens (including phenoxy) is 1. The Bertz CT molecular complexity index is 1060. The van der Waals surface area contributed by atoms with Crippen LogP contribution >= 0.6 is 0 Å². The number of ketones is 1. The standard InChI is InChI=1S/C22H18O6/c23-15-8-4-7-13(21(15)26)9-14-16(24)10-19-20(22(14)27)17(25)11-18(28-19)12-5-2-1-3-6-12/h1-8,10,18,23-24,26-27H,9,11H2. The number of rotatable bonds is 3. The van der Waals surface area contributed by atoms with Crippen molar-refractivity contribution >= 4 is 5.78 Å². The van der Waals surface area contributed by atoms with Crippen molar-refractivity contribution in [1.29, 1.82) is 0 Å². The summed E-state index contributed by atoms with van der Waals surface area (Å²) in [5, 5.41) is 40.7. The summed E-state index contributed by atoms with van der Waals surface area (Å²) in [6, 6.07) is 15.0. The number of benzene rings is 3. The molecule has 0 bridgehead atoms. The number of aromatic hydroxyl groups is 4. The van der Waals surface area contributed by atoms with Gasteiger partial charge >= 0.3 is 0 Å². The second kappa shape index (κ2) is 6.81. The first kappa shape index (κ1) is 17.7. The Morgan fingerprint density at radius 1 is 0.893 bits per heavy atom. The van der Waals surface area contributed by atoms with Crippen LogP contribution in [0.25, 0.3) is 0 Å². The van der Waals surface area contributed by atoms with Crippen LogP contribution in [0.1, 0.15) is 39.6 Å². The van der Waals surface area contributed by atoms with Gasteiger partial charge in [0, 0.05) is 23.6 Å². The molecule has 1 aliphatic rings. The zero-order chi connectivity index (χ0) is 19.8. The van der Waals surface area contributed by atoms with Gasteiger partial charge in [0.2, 0.25) is 0 Å². The van der Waals surface area contributed by atoms with Crippen molar-refractivity contribution in [2.75, 3.05) is 0 Å². The number of para-hydroxylation sites is 1. The summed E-state index contributed by atoms with van der Waals surface area (Å²) in [5.41, 5.74) is 1.22. The van der Waals surface area contributed by atoms with Crippen molar-refractivity contribution in [3.63, 3.8) is 0 Å². The van der Waals surface area contributed by atoms with Gasteiger partial charge in [-0.05, 0) is 11.6 Å². The summed E-state index contributed by atoms with van der Waals surface area (Å²) in [4.78, 5) is 12.7. The van der Waals surface area contributed by atoms with Crippen LogP contribution in [0.2, 0.25) is 0 Å². The quantitative estimate of drug-likeness (QED) is 0.517. The molecular formula is C22H18O6. The molecule has 0 radical (unpaired) electrons. The van der Waals surface area contributed by atoms with E-state index in [4.69, 9.17) is 4.74 Å². The first-order chi connectivity index (χ1) is 13.5. The monoisotopic (exact) mass is 378 g/mol. The maximum atomic E-state index is 12.7. The number of fused-ring (bicyclic) bond motifs is 1. The lowest BCUT2D eigenvalue weighted by atomic mass is 9.92. The van der Waals surface area contributed by atoms with E-state index in [0.717, 1.165) is 5.56 Å². The third-order valence-electron chi connectivity index (χ3n) is 4.90. The fourth-order valence-electron chi connectivity index (χ4n) is 3.44. The van der Waals surface area contributed by atoms with E-state index in [-0.39, 0.29) is 58.5 Å². The lowest BCUT2D eigenvalue weighted by Gasteiger charge is -2.27. The van der Waals surface area contributed by atoms with E-state index in [1.165, 1.54) is 18.2 Å². The zero-order valence-electron chi connectivity index (χ0n) is 14.8. The number of carbonyl (C=O) groups excluding carboxylic acids is 1. The molecule has 3 aromatic carbocycles. The van der Waals surface area contributed by atoms with Gasteiger partial charge in [-0.25, -0.2) is 0 Å². The zero-order valence-corrected chi connectivity index (χ0v) is 14.8. The molecule has 1 unspecified atom stereocenters. The number of Topliss-reactive ketones (excluding diaryl/α,β-unsaturated/α-hetero) is 1. The van der Waals surface area contributed by atoms with E-state index in [9.17, 15) is 25.2 Å². The topological polar surface area (TPSA) is 107 Å². The van der Waals surface area contributed by atoms with Gasteiger partial charge in [0.15, 0.2) is 17.3 Å². The third kappa shape index (κ3) is 2.99. The average Bonchev–Trinajstić information content (AvgIpc) is 2.68. The Hall–Kier alpha value is -3.67. The molecule has 0 amide bonds. The van der Waals surface area contributed by atoms with Crippen LogP contribution < -0.4 is 4.74 Å². The van der Waals surface area contributed by atoms with Crippen molar-refractivity contribution < 1.29 is 30.0 Å². The number of hydrogen-bond acceptors (Lipinski definition) is 6. The van der Waals surface area contributed by atoms with Gasteiger partial charge in [-0.2, -0.15) is 0 Å². The molecule has 6 heteroatoms. The van der Waals surface area contributed by atoms with Gasteiger partial charge in [0.05, 0.1) is 6.42 Å². The van der Waals surface area contributed by atoms with E-state index >= 15 is 0 Å². The molecule has 142 valence electrons. The maximum Gasteiger partial charge on any atom is 0.174 e. The normalized spacial score (nSPS) is 15.7. The molecule has 4 N–H and O–H groups in total. The van der Waals surface area contributed by atoms with Gasteiger partial charge in [-0.15, -0.1) is 0 Å². The Labute approximate surface area is 160 Å². The van der Waals surface area contributed by atoms with E-state index in [1.54, 1.807) is 6.07 Å². The highest BCUT2D eigenvalue weighted by molar-refractivity contribution is 6.03. The summed E-state index contributed by atoms with van der Waals surface area (Å²) in [7, 11) is 0. The van der Waals surface area contributed by atoms with Gasteiger partial charge in [0.1, 0.15) is 28.9 Å². The highest BCUT2D eigenvalue weighted by Gasteiger charge is 2.32. The highest BCUT2D eigenvalue weighted by atomic mass is 16.5. The van der Waals surface area contributed by atoms with Crippen LogP contribution in [-0.4, -0.2) is 26.2 Å². The smallest absolute Gasteiger partial charge is 0.174 e. The van der Waals surface area contributed by atoms with Gasteiger partial charge in [-0.3, -0.25) is 4.79 Å². The van der Waals surface area contributed by atoms with Crippen molar-refractivity contribution in [3.05, 3.63) is 76.9 Å². The molecule has 0 aromatic heterocycles. The van der Waals surface area contributed by atoms with Crippen molar-refractivity contribution in [2.24, 2.45) is 0 Å². The number of phenolic OH excluding ortho intramolecular Hbond substituents is 4. The molecule has 3 aromatic rings. The molecular weight excluding hydrogens is 360 g/mol. The molecule has 4 rings (SSSR count). The predicted molar refractivity (Wildman–Crippen MR) is 101 cm³/mol. The fourth-order valence-corrected chi connectivity index (χ4v) is 3.44. The van der Waals surface area contributed by atoms with Gasteiger partial charge in [-0.1, -0.05) is 42.5 Å². The second-order valence-electron chi connectivity index (χ2n) is 6.70. The maximum absolute atomic E-state index is 12.7. The average molecular weight is 378 g/mol. The molecule has 0 saturated carbocycles. The van der Waals surface area contributed by atoms with Crippen LogP contribution in [0, 0.1) is 0 Å². The summed E-state index contributed by atoms with van der Waals surface area (Å²) in [6.45, 7) is 0. The Kier molecular flexibility index (Phi) is 4.31. The van der Waals surface area contributed by atoms with Crippen LogP contribution in [0.3, 0.4) is 0 Å². The summed E-state index contributed by atoms with van der Waals surface area (Å²) in [5.74, 6) is -1.47. The number of carbonyl (C=O) groups is 1. The minimum atomic E-state index is -0.499. The summed E-state index contributed by atoms with van der Waals surface area (Å²) in [6.07, 6.45) is -0.506. The minimum absolute atomic E-state index is 0.0135. The first-order valence-electron chi connectivity index (χ1n) is 8.78. The van der Waals surface area contributed by atoms with E-state index in [0.29, 0.717) is 5.56 Å². The van der Waals surface area contributed by atoms with E-state index in [1.807, 2.05) is 30.3 Å². The van der Waals surface area contributed by atoms with Crippen molar-refractivity contribution in [1.82, 2.24) is 0 Å². The summed E-state index contributed by atoms with van der Waals surface area (Å²) >= 11 is 0. The van der Waals surface area contributed by atoms with E-state index in [2.05, 4.69) is 0 Å². The van der Waals surface area contributed by atoms with Crippen LogP contribution in [0.15, 0.2) is 54.6 Å². The lowest BCUT2D eigenvalue weighted by Crippen LogP contribution is -2.21. The Morgan fingerprint density at radius 2 is 1.64 bits per heavy atom. The Balaban J connectivity index is 1.73. The second-order valence-corrected chi connectivity index (χ2v) is 6.70. The SMILES string of the molecule is O=C1CC(c2ccccc2)Oc2cc(O)c(Cc3cccc(O)c3O)c(O)c21. The lowest BCUT2D eigenvalue weighted by molar-refractivity contribution is 0.0844. The molecule has 0 saturated heterocycles. The number of phenols is 4. The molecule has 1 aliphatic heterocycles. The van der Waals surface area contributed by atoms with Crippen LogP contribution in [0.4, 0.5) is 0 Å². The Morgan fingerprint density at radius 3 is 2.39 bits per heavy atom. The molecule has 28 heavy (non-hydrogen) atoms. The minimum Gasteiger partial charge on any atom is -0.507 e. The van der Waals surface area contributed by atoms with Crippen LogP contribution in [-0.2, 0) is 6.42 Å². The molecule has 0 aliphatic carbocycles. The van der Waals surface area contributed by atoms with E-state index < -0.39 is 6.10 Å². The van der Waals surface area contributed by atoms with Crippen LogP contribution in [0.5, 0.6) is 28.7 Å². The third-order valence-corrected chi connectivity index (χ3v) is 4.90. The fraction of sp³-hybridized carbons (Fsp3) is 0.136. The summed E-state index contributed by atoms with van der Waals surface area (Å²) < 4.78 is 5.87. The van der Waals surface area contributed by atoms with Crippen molar-refractivity contribution in [3.8, 4) is 28.7 Å². The predicted octanol–water partition coefficient (Wildman–Crippen LogP) is 3.81. The van der Waals surface area contributed by atoms with Crippen molar-refractivity contribution in [2.45, 2.75) is 18.9 Å². The number of hydrogen-bond donors (Lipinski definition) is 4. The van der Waals surface area contributed by atoms with Gasteiger partial charge < -0.3 is 25.2 Å². The molecule has 0 spiro atoms.